The fourth-order valence-corrected chi connectivity index (χ4v) is 2.17. The van der Waals surface area contributed by atoms with E-state index in [4.69, 9.17) is 0 Å². The molecule has 0 N–H and O–H groups in total. The number of likely N-dealkylation sites (tertiary alicyclic amines) is 1. The normalized spacial score (nSPS) is 30.1. The highest BCUT2D eigenvalue weighted by molar-refractivity contribution is 5.71. The number of ether oxygens (including phenoxy) is 1. The predicted octanol–water partition coefficient (Wildman–Crippen LogP) is 1.14. The molecule has 1 aliphatic rings. The Hall–Kier alpha value is -0.570. The lowest BCUT2D eigenvalue weighted by Crippen LogP contribution is -2.41. The molecule has 0 aromatic carbocycles. The van der Waals surface area contributed by atoms with Crippen LogP contribution in [-0.4, -0.2) is 37.6 Å². The summed E-state index contributed by atoms with van der Waals surface area (Å²) in [6, 6.07) is 0. The molecule has 2 atom stereocenters. The largest absolute Gasteiger partial charge is 0.468 e. The number of hydrogen-bond acceptors (Lipinski definition) is 3. The third-order valence-electron chi connectivity index (χ3n) is 2.52. The summed E-state index contributed by atoms with van der Waals surface area (Å²) in [7, 11) is 1.44. The van der Waals surface area contributed by atoms with Crippen LogP contribution in [0.3, 0.4) is 0 Å². The smallest absolute Gasteiger partial charge is 0.319 e. The van der Waals surface area contributed by atoms with Crippen molar-refractivity contribution in [3.05, 3.63) is 0 Å². The van der Waals surface area contributed by atoms with Crippen molar-refractivity contribution < 1.29 is 9.53 Å². The molecule has 1 rings (SSSR count). The molecule has 1 heterocycles. The van der Waals surface area contributed by atoms with Gasteiger partial charge in [-0.15, -0.1) is 0 Å². The monoisotopic (exact) mass is 185 g/mol. The van der Waals surface area contributed by atoms with Crippen LogP contribution >= 0.6 is 0 Å². The van der Waals surface area contributed by atoms with Gasteiger partial charge in [0.1, 0.15) is 0 Å². The zero-order valence-electron chi connectivity index (χ0n) is 8.75. The van der Waals surface area contributed by atoms with Crippen LogP contribution in [0.25, 0.3) is 0 Å². The van der Waals surface area contributed by atoms with Crippen LogP contribution in [0, 0.1) is 11.8 Å². The topological polar surface area (TPSA) is 29.5 Å². The molecule has 0 aromatic rings. The fourth-order valence-electron chi connectivity index (χ4n) is 2.17. The molecule has 76 valence electrons. The second-order valence-corrected chi connectivity index (χ2v) is 4.22. The van der Waals surface area contributed by atoms with Gasteiger partial charge in [0, 0.05) is 13.1 Å². The van der Waals surface area contributed by atoms with Gasteiger partial charge in [0.05, 0.1) is 13.7 Å². The molecule has 3 heteroatoms. The molecule has 3 nitrogen and oxygen atoms in total. The van der Waals surface area contributed by atoms with E-state index in [0.29, 0.717) is 18.4 Å². The molecule has 0 saturated carbocycles. The summed E-state index contributed by atoms with van der Waals surface area (Å²) in [6.45, 7) is 6.98. The van der Waals surface area contributed by atoms with E-state index in [0.717, 1.165) is 13.1 Å². The molecule has 0 unspecified atom stereocenters. The van der Waals surface area contributed by atoms with E-state index < -0.39 is 0 Å². The number of carbonyl (C=O) groups excluding carboxylic acids is 1. The van der Waals surface area contributed by atoms with Gasteiger partial charge in [-0.25, -0.2) is 0 Å². The van der Waals surface area contributed by atoms with Crippen molar-refractivity contribution >= 4 is 5.97 Å². The van der Waals surface area contributed by atoms with Crippen molar-refractivity contribution in [3.8, 4) is 0 Å². The summed E-state index contributed by atoms with van der Waals surface area (Å²) in [5, 5.41) is 0. The standard InChI is InChI=1S/C10H19NO2/c1-8-4-9(2)6-11(5-8)7-10(12)13-3/h8-9H,4-7H2,1-3H3/t8-,9-/m0/s1. The van der Waals surface area contributed by atoms with E-state index in [9.17, 15) is 4.79 Å². The Balaban J connectivity index is 2.37. The average molecular weight is 185 g/mol. The summed E-state index contributed by atoms with van der Waals surface area (Å²) < 4.78 is 4.64. The number of nitrogens with zero attached hydrogens (tertiary/aromatic N) is 1. The number of esters is 1. The van der Waals surface area contributed by atoms with Crippen molar-refractivity contribution in [3.63, 3.8) is 0 Å². The molecule has 0 spiro atoms. The number of hydrogen-bond donors (Lipinski definition) is 0. The van der Waals surface area contributed by atoms with E-state index in [1.54, 1.807) is 0 Å². The maximum atomic E-state index is 11.0. The predicted molar refractivity (Wildman–Crippen MR) is 51.4 cm³/mol. The first-order valence-corrected chi connectivity index (χ1v) is 4.91. The summed E-state index contributed by atoms with van der Waals surface area (Å²) in [5.74, 6) is 1.28. The molecule has 0 aromatic heterocycles. The van der Waals surface area contributed by atoms with Gasteiger partial charge in [-0.3, -0.25) is 9.69 Å². The van der Waals surface area contributed by atoms with Crippen molar-refractivity contribution in [2.45, 2.75) is 20.3 Å². The first kappa shape index (κ1) is 10.5. The lowest BCUT2D eigenvalue weighted by atomic mass is 9.92. The van der Waals surface area contributed by atoms with Gasteiger partial charge < -0.3 is 4.74 Å². The number of methoxy groups -OCH3 is 1. The third kappa shape index (κ3) is 3.35. The summed E-state index contributed by atoms with van der Waals surface area (Å²) in [5.41, 5.74) is 0. The van der Waals surface area contributed by atoms with Crippen LogP contribution < -0.4 is 0 Å². The van der Waals surface area contributed by atoms with Gasteiger partial charge in [-0.2, -0.15) is 0 Å². The van der Waals surface area contributed by atoms with E-state index in [1.807, 2.05) is 0 Å². The van der Waals surface area contributed by atoms with Gasteiger partial charge in [0.2, 0.25) is 0 Å². The minimum absolute atomic E-state index is 0.124. The van der Waals surface area contributed by atoms with Crippen LogP contribution in [0.4, 0.5) is 0 Å². The molecule has 0 radical (unpaired) electrons. The minimum atomic E-state index is -0.124. The number of rotatable bonds is 2. The van der Waals surface area contributed by atoms with Crippen LogP contribution in [0.5, 0.6) is 0 Å². The molecule has 13 heavy (non-hydrogen) atoms. The molecule has 1 saturated heterocycles. The first-order chi connectivity index (χ1) is 6.11. The maximum Gasteiger partial charge on any atom is 0.319 e. The third-order valence-corrected chi connectivity index (χ3v) is 2.52. The molecule has 0 bridgehead atoms. The second kappa shape index (κ2) is 4.61. The molecule has 0 amide bonds. The van der Waals surface area contributed by atoms with Gasteiger partial charge >= 0.3 is 5.97 Å². The Morgan fingerprint density at radius 3 is 2.38 bits per heavy atom. The Kier molecular flexibility index (Phi) is 3.72. The van der Waals surface area contributed by atoms with Crippen LogP contribution in [0.1, 0.15) is 20.3 Å². The minimum Gasteiger partial charge on any atom is -0.468 e. The van der Waals surface area contributed by atoms with Crippen molar-refractivity contribution in [2.24, 2.45) is 11.8 Å². The lowest BCUT2D eigenvalue weighted by Gasteiger charge is -2.33. The van der Waals surface area contributed by atoms with Crippen molar-refractivity contribution in [1.82, 2.24) is 4.90 Å². The van der Waals surface area contributed by atoms with Gasteiger partial charge in [-0.1, -0.05) is 13.8 Å². The number of piperidine rings is 1. The van der Waals surface area contributed by atoms with Gasteiger partial charge in [0.15, 0.2) is 0 Å². The Labute approximate surface area is 80.1 Å². The molecule has 1 aliphatic heterocycles. The molecule has 1 fully saturated rings. The van der Waals surface area contributed by atoms with Crippen LogP contribution in [0.15, 0.2) is 0 Å². The van der Waals surface area contributed by atoms with Crippen molar-refractivity contribution in [1.29, 1.82) is 0 Å². The Morgan fingerprint density at radius 2 is 1.92 bits per heavy atom. The lowest BCUT2D eigenvalue weighted by molar-refractivity contribution is -0.142. The highest BCUT2D eigenvalue weighted by Gasteiger charge is 2.23. The molecular weight excluding hydrogens is 166 g/mol. The molecule has 0 aliphatic carbocycles. The van der Waals surface area contributed by atoms with Crippen LogP contribution in [-0.2, 0) is 9.53 Å². The maximum absolute atomic E-state index is 11.0. The Morgan fingerprint density at radius 1 is 1.38 bits per heavy atom. The fraction of sp³-hybridized carbons (Fsp3) is 0.900. The first-order valence-electron chi connectivity index (χ1n) is 4.91. The van der Waals surface area contributed by atoms with E-state index in [1.165, 1.54) is 13.5 Å². The van der Waals surface area contributed by atoms with Gasteiger partial charge in [0.25, 0.3) is 0 Å². The SMILES string of the molecule is COC(=O)CN1C[C@@H](C)C[C@H](C)C1. The highest BCUT2D eigenvalue weighted by atomic mass is 16.5. The summed E-state index contributed by atoms with van der Waals surface area (Å²) >= 11 is 0. The zero-order chi connectivity index (χ0) is 9.84. The van der Waals surface area contributed by atoms with E-state index in [2.05, 4.69) is 23.5 Å². The summed E-state index contributed by atoms with van der Waals surface area (Å²) in [6.07, 6.45) is 1.28. The number of carbonyl (C=O) groups is 1. The quantitative estimate of drug-likeness (QED) is 0.604. The Bertz CT molecular complexity index is 172. The van der Waals surface area contributed by atoms with Crippen LogP contribution in [0.2, 0.25) is 0 Å². The highest BCUT2D eigenvalue weighted by Crippen LogP contribution is 2.20. The molecular formula is C10H19NO2. The van der Waals surface area contributed by atoms with Crippen molar-refractivity contribution in [2.75, 3.05) is 26.7 Å². The summed E-state index contributed by atoms with van der Waals surface area (Å²) in [4.78, 5) is 13.2. The zero-order valence-corrected chi connectivity index (χ0v) is 8.75. The second-order valence-electron chi connectivity index (χ2n) is 4.22. The van der Waals surface area contributed by atoms with Gasteiger partial charge in [-0.05, 0) is 18.3 Å². The van der Waals surface area contributed by atoms with E-state index in [-0.39, 0.29) is 5.97 Å². The average Bonchev–Trinajstić information content (AvgIpc) is 2.02. The van der Waals surface area contributed by atoms with E-state index >= 15 is 0 Å².